The molecule has 0 spiro atoms. The molecule has 0 aromatic carbocycles. The summed E-state index contributed by atoms with van der Waals surface area (Å²) in [5, 5.41) is 0. The van der Waals surface area contributed by atoms with Gasteiger partial charge in [-0.1, -0.05) is 161 Å². The van der Waals surface area contributed by atoms with Gasteiger partial charge in [0, 0.05) is 19.3 Å². The minimum atomic E-state index is -4.71. The van der Waals surface area contributed by atoms with Crippen LogP contribution < -0.4 is 0 Å². The zero-order valence-corrected chi connectivity index (χ0v) is 42.3. The van der Waals surface area contributed by atoms with Crippen molar-refractivity contribution in [3.63, 3.8) is 0 Å². The van der Waals surface area contributed by atoms with Gasteiger partial charge in [0.1, 0.15) is 19.8 Å². The molecule has 0 bridgehead atoms. The fourth-order valence-corrected chi connectivity index (χ4v) is 8.12. The van der Waals surface area contributed by atoms with E-state index in [1.54, 1.807) is 0 Å². The van der Waals surface area contributed by atoms with Crippen molar-refractivity contribution in [2.75, 3.05) is 47.5 Å². The lowest BCUT2D eigenvalue weighted by Crippen LogP contribution is -2.44. The van der Waals surface area contributed by atoms with Crippen LogP contribution in [-0.2, 0) is 42.2 Å². The number of allylic oxidation sites excluding steroid dienone is 4. The third-order valence-electron chi connectivity index (χ3n) is 10.9. The molecule has 0 fully saturated rings. The number of unbranched alkanes of at least 4 members (excludes halogenated alkanes) is 24. The molecule has 0 heterocycles. The number of hydrogen-bond donors (Lipinski definition) is 1. The molecule has 0 aliphatic heterocycles. The fourth-order valence-electron chi connectivity index (χ4n) is 7.20. The van der Waals surface area contributed by atoms with Crippen LogP contribution in [0.2, 0.25) is 0 Å². The molecular formula is C51H97NO10P+. The molecule has 2 unspecified atom stereocenters. The van der Waals surface area contributed by atoms with Gasteiger partial charge in [0.2, 0.25) is 0 Å². The van der Waals surface area contributed by atoms with Gasteiger partial charge in [0.05, 0.1) is 27.7 Å². The predicted molar refractivity (Wildman–Crippen MR) is 258 cm³/mol. The fraction of sp³-hybridized carbons (Fsp3) is 0.863. The van der Waals surface area contributed by atoms with Gasteiger partial charge in [0.15, 0.2) is 12.2 Å². The van der Waals surface area contributed by atoms with Crippen molar-refractivity contribution in [1.29, 1.82) is 0 Å². The molecule has 0 aromatic rings. The molecule has 0 radical (unpaired) electrons. The molecule has 0 amide bonds. The number of hydrogen-bond acceptors (Lipinski definition) is 9. The van der Waals surface area contributed by atoms with E-state index >= 15 is 0 Å². The molecule has 370 valence electrons. The van der Waals surface area contributed by atoms with Crippen LogP contribution in [-0.4, -0.2) is 87.0 Å². The highest BCUT2D eigenvalue weighted by atomic mass is 31.2. The lowest BCUT2D eigenvalue weighted by Gasteiger charge is -2.29. The lowest BCUT2D eigenvalue weighted by atomic mass is 10.1. The summed E-state index contributed by atoms with van der Waals surface area (Å²) in [7, 11) is 0.958. The highest BCUT2D eigenvalue weighted by Crippen LogP contribution is 2.45. The van der Waals surface area contributed by atoms with Crippen LogP contribution in [0.3, 0.4) is 0 Å². The summed E-state index contributed by atoms with van der Waals surface area (Å²) in [5.41, 5.74) is 0. The van der Waals surface area contributed by atoms with Gasteiger partial charge in [-0.15, -0.1) is 0 Å². The Kier molecular flexibility index (Phi) is 41.2. The van der Waals surface area contributed by atoms with E-state index in [0.717, 1.165) is 83.5 Å². The van der Waals surface area contributed by atoms with E-state index < -0.39 is 44.5 Å². The maximum Gasteiger partial charge on any atom is 0.472 e. The number of carbonyl (C=O) groups is 3. The first kappa shape index (κ1) is 61.0. The maximum absolute atomic E-state index is 13.2. The molecule has 0 aliphatic carbocycles. The van der Waals surface area contributed by atoms with Crippen LogP contribution >= 0.6 is 7.82 Å². The summed E-state index contributed by atoms with van der Waals surface area (Å²) >= 11 is 0. The third-order valence-corrected chi connectivity index (χ3v) is 11.9. The van der Waals surface area contributed by atoms with Gasteiger partial charge < -0.3 is 23.6 Å². The quantitative estimate of drug-likeness (QED) is 0.0157. The van der Waals surface area contributed by atoms with E-state index in [9.17, 15) is 23.8 Å². The summed E-state index contributed by atoms with van der Waals surface area (Å²) in [5.74, 6) is -1.30. The van der Waals surface area contributed by atoms with Gasteiger partial charge >= 0.3 is 25.7 Å². The van der Waals surface area contributed by atoms with Crippen molar-refractivity contribution < 1.29 is 51.6 Å². The predicted octanol–water partition coefficient (Wildman–Crippen LogP) is 13.8. The van der Waals surface area contributed by atoms with Crippen LogP contribution in [0.25, 0.3) is 0 Å². The molecule has 0 rings (SSSR count). The molecule has 63 heavy (non-hydrogen) atoms. The molecule has 0 saturated carbocycles. The van der Waals surface area contributed by atoms with Crippen LogP contribution in [0.1, 0.15) is 226 Å². The average Bonchev–Trinajstić information content (AvgIpc) is 3.23. The number of ether oxygens (including phenoxy) is 3. The molecule has 0 aliphatic rings. The van der Waals surface area contributed by atoms with Crippen molar-refractivity contribution >= 4 is 25.7 Å². The number of quaternary nitrogens is 1. The van der Waals surface area contributed by atoms with Crippen molar-refractivity contribution in [2.45, 2.75) is 238 Å². The lowest BCUT2D eigenvalue weighted by molar-refractivity contribution is -0.873. The molecule has 1 N–H and O–H groups in total. The van der Waals surface area contributed by atoms with Gasteiger partial charge in [0.25, 0.3) is 0 Å². The molecule has 0 aromatic heterocycles. The highest BCUT2D eigenvalue weighted by Gasteiger charge is 2.33. The topological polar surface area (TPSA) is 135 Å². The molecule has 11 nitrogen and oxygen atoms in total. The largest absolute Gasteiger partial charge is 0.472 e. The number of phosphoric acid groups is 1. The minimum absolute atomic E-state index is 0.181. The van der Waals surface area contributed by atoms with Crippen LogP contribution in [0, 0.1) is 0 Å². The number of likely N-dealkylation sites (N-methyl/N-ethyl adjacent to an activating group) is 1. The Morgan fingerprint density at radius 2 is 0.810 bits per heavy atom. The second-order valence-electron chi connectivity index (χ2n) is 18.6. The summed E-state index contributed by atoms with van der Waals surface area (Å²) in [4.78, 5) is 48.6. The van der Waals surface area contributed by atoms with E-state index in [0.29, 0.717) is 23.7 Å². The van der Waals surface area contributed by atoms with Crippen molar-refractivity contribution in [2.24, 2.45) is 0 Å². The van der Waals surface area contributed by atoms with Gasteiger partial charge in [-0.25, -0.2) is 4.57 Å². The monoisotopic (exact) mass is 915 g/mol. The van der Waals surface area contributed by atoms with E-state index in [-0.39, 0.29) is 39.0 Å². The molecule has 0 saturated heterocycles. The standard InChI is InChI=1S/C51H96NO10P/c1-7-10-13-15-17-19-21-23-25-27-29-31-33-35-38-41-50(54)59-45-48(61-51(55)42-39-36-34-32-30-28-26-24-22-20-18-16-14-11-8-2)46-60-63(56,57)62-47(43-52(4,5)6)44-58-49(53)40-37-12-9-3/h23-26,47-48H,7-22,27-46H2,1-6H3/p+1/t47?,48-/m1/s1. The Hall–Kier alpha value is -2.04. The summed E-state index contributed by atoms with van der Waals surface area (Å²) in [6.07, 6.45) is 40.5. The Morgan fingerprint density at radius 3 is 1.22 bits per heavy atom. The van der Waals surface area contributed by atoms with Crippen molar-refractivity contribution in [1.82, 2.24) is 0 Å². The van der Waals surface area contributed by atoms with Gasteiger partial charge in [-0.2, -0.15) is 0 Å². The summed E-state index contributed by atoms with van der Waals surface area (Å²) in [6.45, 7) is 5.77. The Bertz CT molecular complexity index is 1200. The second kappa shape index (κ2) is 42.6. The van der Waals surface area contributed by atoms with Crippen molar-refractivity contribution in [3.05, 3.63) is 24.3 Å². The molecular weight excluding hydrogens is 818 g/mol. The number of rotatable bonds is 46. The normalized spacial score (nSPS) is 14.0. The van der Waals surface area contributed by atoms with Crippen LogP contribution in [0.5, 0.6) is 0 Å². The van der Waals surface area contributed by atoms with E-state index in [2.05, 4.69) is 38.2 Å². The Labute approximate surface area is 386 Å². The number of carbonyl (C=O) groups excluding carboxylic acids is 3. The van der Waals surface area contributed by atoms with Crippen LogP contribution in [0.4, 0.5) is 0 Å². The summed E-state index contributed by atoms with van der Waals surface area (Å²) in [6, 6.07) is 0. The average molecular weight is 915 g/mol. The SMILES string of the molecule is CCCCCCCCC=CCCCCCCCC(=O)OC[C@H](COP(=O)(O)OC(COC(=O)CCCCC)C[N+](C)(C)C)OC(=O)CCCCCCCC=CCCCCCCCC. The van der Waals surface area contributed by atoms with E-state index in [1.807, 2.05) is 28.1 Å². The van der Waals surface area contributed by atoms with Crippen LogP contribution in [0.15, 0.2) is 24.3 Å². The molecule has 12 heteroatoms. The highest BCUT2D eigenvalue weighted by molar-refractivity contribution is 7.47. The van der Waals surface area contributed by atoms with Gasteiger partial charge in [-0.05, 0) is 70.6 Å². The second-order valence-corrected chi connectivity index (χ2v) is 20.0. The zero-order valence-electron chi connectivity index (χ0n) is 41.4. The Balaban J connectivity index is 4.92. The number of phosphoric ester groups is 1. The minimum Gasteiger partial charge on any atom is -0.463 e. The van der Waals surface area contributed by atoms with Crippen molar-refractivity contribution in [3.8, 4) is 0 Å². The number of nitrogens with zero attached hydrogens (tertiary/aromatic N) is 1. The first-order valence-corrected chi connectivity index (χ1v) is 27.1. The summed E-state index contributed by atoms with van der Waals surface area (Å²) < 4.78 is 40.9. The van der Waals surface area contributed by atoms with E-state index in [4.69, 9.17) is 23.3 Å². The number of esters is 3. The third kappa shape index (κ3) is 44.9. The smallest absolute Gasteiger partial charge is 0.463 e. The first-order chi connectivity index (χ1) is 30.3. The van der Waals surface area contributed by atoms with Gasteiger partial charge in [-0.3, -0.25) is 23.4 Å². The Morgan fingerprint density at radius 1 is 0.476 bits per heavy atom. The maximum atomic E-state index is 13.2. The first-order valence-electron chi connectivity index (χ1n) is 25.6. The zero-order chi connectivity index (χ0) is 46.7. The molecule has 3 atom stereocenters. The van der Waals surface area contributed by atoms with E-state index in [1.165, 1.54) is 83.5 Å².